The molecule has 0 bridgehead atoms. The third-order valence-corrected chi connectivity index (χ3v) is 3.40. The molecule has 1 aliphatic rings. The van der Waals surface area contributed by atoms with E-state index in [1.165, 1.54) is 0 Å². The number of fused-ring (bicyclic) bond motifs is 1. The average Bonchev–Trinajstić information content (AvgIpc) is 2.91. The summed E-state index contributed by atoms with van der Waals surface area (Å²) in [5, 5.41) is 4.12. The minimum absolute atomic E-state index is 0. The van der Waals surface area contributed by atoms with E-state index < -0.39 is 0 Å². The number of hydrazine groups is 1. The normalized spacial score (nSPS) is 14.4. The van der Waals surface area contributed by atoms with Crippen LogP contribution in [0, 0.1) is 0 Å². The first-order valence-corrected chi connectivity index (χ1v) is 6.38. The Labute approximate surface area is 131 Å². The number of nitrogens with one attached hydrogen (secondary N) is 1. The third kappa shape index (κ3) is 3.42. The predicted octanol–water partition coefficient (Wildman–Crippen LogP) is 3.42. The van der Waals surface area contributed by atoms with Gasteiger partial charge in [-0.1, -0.05) is 36.4 Å². The van der Waals surface area contributed by atoms with Crippen molar-refractivity contribution in [3.8, 4) is 0 Å². The van der Waals surface area contributed by atoms with Crippen molar-refractivity contribution in [2.75, 3.05) is 13.1 Å². The largest absolute Gasteiger partial charge is 0.285 e. The second-order valence-electron chi connectivity index (χ2n) is 4.66. The van der Waals surface area contributed by atoms with Gasteiger partial charge in [0, 0.05) is 18.7 Å². The van der Waals surface area contributed by atoms with Gasteiger partial charge >= 0.3 is 0 Å². The van der Waals surface area contributed by atoms with Gasteiger partial charge < -0.3 is 0 Å². The van der Waals surface area contributed by atoms with E-state index in [0.717, 1.165) is 42.3 Å². The second kappa shape index (κ2) is 7.48. The Kier molecular flexibility index (Phi) is 6.27. The summed E-state index contributed by atoms with van der Waals surface area (Å²) in [6.45, 7) is 1.91. The third-order valence-electron chi connectivity index (χ3n) is 3.40. The molecule has 1 aliphatic heterocycles. The first-order chi connectivity index (χ1) is 8.84. The van der Waals surface area contributed by atoms with Crippen LogP contribution in [0.1, 0.15) is 23.2 Å². The summed E-state index contributed by atoms with van der Waals surface area (Å²) in [5.41, 5.74) is 3.73. The maximum Gasteiger partial charge on any atom is 0.266 e. The van der Waals surface area contributed by atoms with Crippen LogP contribution in [0.25, 0.3) is 10.8 Å². The highest BCUT2D eigenvalue weighted by Crippen LogP contribution is 2.18. The number of carbonyl (C=O) groups excluding carboxylic acids is 1. The number of amides is 1. The Morgan fingerprint density at radius 2 is 1.60 bits per heavy atom. The fourth-order valence-corrected chi connectivity index (χ4v) is 2.46. The Morgan fingerprint density at radius 3 is 2.35 bits per heavy atom. The zero-order chi connectivity index (χ0) is 12.4. The number of hydrogen-bond donors (Lipinski definition) is 1. The summed E-state index contributed by atoms with van der Waals surface area (Å²) >= 11 is 0. The summed E-state index contributed by atoms with van der Waals surface area (Å²) in [7, 11) is 0. The Bertz CT molecular complexity index is 578. The quantitative estimate of drug-likeness (QED) is 0.921. The van der Waals surface area contributed by atoms with E-state index in [1.807, 2.05) is 47.5 Å². The Hall–Kier alpha value is -1.29. The van der Waals surface area contributed by atoms with Crippen LogP contribution in [0.2, 0.25) is 0 Å². The van der Waals surface area contributed by atoms with Gasteiger partial charge in [0.05, 0.1) is 0 Å². The van der Waals surface area contributed by atoms with Crippen molar-refractivity contribution in [2.45, 2.75) is 12.8 Å². The summed E-state index contributed by atoms with van der Waals surface area (Å²) in [5.74, 6) is -0.00583. The maximum absolute atomic E-state index is 12.3. The van der Waals surface area contributed by atoms with Gasteiger partial charge in [-0.2, -0.15) is 0 Å². The van der Waals surface area contributed by atoms with Gasteiger partial charge in [0.15, 0.2) is 0 Å². The summed E-state index contributed by atoms with van der Waals surface area (Å²) < 4.78 is 0. The second-order valence-corrected chi connectivity index (χ2v) is 4.66. The molecule has 0 atom stereocenters. The lowest BCUT2D eigenvalue weighted by Crippen LogP contribution is -2.40. The van der Waals surface area contributed by atoms with E-state index in [0.29, 0.717) is 0 Å². The van der Waals surface area contributed by atoms with Crippen molar-refractivity contribution >= 4 is 41.5 Å². The zero-order valence-electron chi connectivity index (χ0n) is 11.0. The van der Waals surface area contributed by atoms with Gasteiger partial charge in [-0.25, -0.2) is 5.01 Å². The van der Waals surface area contributed by atoms with Gasteiger partial charge in [-0.3, -0.25) is 10.2 Å². The van der Waals surface area contributed by atoms with Gasteiger partial charge in [-0.05, 0) is 29.7 Å². The molecule has 0 aromatic heterocycles. The van der Waals surface area contributed by atoms with Crippen LogP contribution in [-0.4, -0.2) is 24.0 Å². The Morgan fingerprint density at radius 1 is 0.950 bits per heavy atom. The minimum Gasteiger partial charge on any atom is -0.285 e. The number of halogens is 2. The first-order valence-electron chi connectivity index (χ1n) is 6.38. The number of nitrogens with zero attached hydrogens (tertiary/aromatic N) is 1. The van der Waals surface area contributed by atoms with Crippen LogP contribution in [0.5, 0.6) is 0 Å². The molecular weight excluding hydrogens is 295 g/mol. The molecular formula is C15H18Cl2N2O. The fraction of sp³-hybridized carbons (Fsp3) is 0.267. The highest BCUT2D eigenvalue weighted by atomic mass is 35.5. The molecule has 5 heteroatoms. The number of benzene rings is 2. The predicted molar refractivity (Wildman–Crippen MR) is 86.7 cm³/mol. The van der Waals surface area contributed by atoms with Crippen LogP contribution in [-0.2, 0) is 0 Å². The van der Waals surface area contributed by atoms with Crippen molar-refractivity contribution in [2.24, 2.45) is 0 Å². The van der Waals surface area contributed by atoms with Crippen molar-refractivity contribution in [3.63, 3.8) is 0 Å². The molecule has 0 unspecified atom stereocenters. The topological polar surface area (TPSA) is 32.3 Å². The molecule has 1 N–H and O–H groups in total. The van der Waals surface area contributed by atoms with E-state index in [2.05, 4.69) is 5.43 Å². The van der Waals surface area contributed by atoms with Gasteiger partial charge in [0.1, 0.15) is 0 Å². The van der Waals surface area contributed by atoms with E-state index in [1.54, 1.807) is 0 Å². The van der Waals surface area contributed by atoms with Crippen LogP contribution in [0.15, 0.2) is 42.5 Å². The maximum atomic E-state index is 12.3. The molecule has 108 valence electrons. The molecule has 1 amide bonds. The Balaban J connectivity index is 0.000001000. The van der Waals surface area contributed by atoms with Crippen LogP contribution in [0.3, 0.4) is 0 Å². The van der Waals surface area contributed by atoms with E-state index in [4.69, 9.17) is 0 Å². The van der Waals surface area contributed by atoms with Crippen LogP contribution in [0.4, 0.5) is 0 Å². The highest BCUT2D eigenvalue weighted by molar-refractivity contribution is 6.06. The lowest BCUT2D eigenvalue weighted by molar-refractivity contribution is 0.0827. The first kappa shape index (κ1) is 16.8. The van der Waals surface area contributed by atoms with Crippen LogP contribution >= 0.6 is 24.8 Å². The summed E-state index contributed by atoms with van der Waals surface area (Å²) in [4.78, 5) is 12.3. The molecule has 0 spiro atoms. The molecule has 3 rings (SSSR count). The van der Waals surface area contributed by atoms with Gasteiger partial charge in [0.2, 0.25) is 0 Å². The lowest BCUT2D eigenvalue weighted by atomic mass is 10.0. The van der Waals surface area contributed by atoms with Gasteiger partial charge in [-0.15, -0.1) is 24.8 Å². The molecule has 0 saturated carbocycles. The highest BCUT2D eigenvalue weighted by Gasteiger charge is 2.16. The van der Waals surface area contributed by atoms with Crippen molar-refractivity contribution < 1.29 is 4.79 Å². The zero-order valence-corrected chi connectivity index (χ0v) is 12.7. The molecule has 1 heterocycles. The molecule has 2 aromatic carbocycles. The van der Waals surface area contributed by atoms with Crippen molar-refractivity contribution in [1.29, 1.82) is 0 Å². The molecule has 2 aromatic rings. The molecule has 3 nitrogen and oxygen atoms in total. The smallest absolute Gasteiger partial charge is 0.266 e. The summed E-state index contributed by atoms with van der Waals surface area (Å²) in [6, 6.07) is 13.8. The molecule has 20 heavy (non-hydrogen) atoms. The molecule has 1 saturated heterocycles. The minimum atomic E-state index is -0.00583. The lowest BCUT2D eigenvalue weighted by Gasteiger charge is -2.16. The number of carbonyl (C=O) groups is 1. The molecule has 0 radical (unpaired) electrons. The van der Waals surface area contributed by atoms with E-state index in [-0.39, 0.29) is 30.7 Å². The molecule has 1 fully saturated rings. The fourth-order valence-electron chi connectivity index (χ4n) is 2.46. The standard InChI is InChI=1S/C15H16N2O.2ClH/c18-15(16-17-10-3-4-11-17)14-9-5-7-12-6-1-2-8-13(12)14;;/h1-2,5-9H,3-4,10-11H2,(H,16,18);2*1H. The molecule has 0 aliphatic carbocycles. The van der Waals surface area contributed by atoms with Crippen LogP contribution < -0.4 is 5.43 Å². The number of rotatable bonds is 2. The summed E-state index contributed by atoms with van der Waals surface area (Å²) in [6.07, 6.45) is 2.33. The average molecular weight is 313 g/mol. The number of hydrogen-bond acceptors (Lipinski definition) is 2. The van der Waals surface area contributed by atoms with Crippen molar-refractivity contribution in [1.82, 2.24) is 10.4 Å². The van der Waals surface area contributed by atoms with E-state index >= 15 is 0 Å². The van der Waals surface area contributed by atoms with Crippen molar-refractivity contribution in [3.05, 3.63) is 48.0 Å². The monoisotopic (exact) mass is 312 g/mol. The van der Waals surface area contributed by atoms with Gasteiger partial charge in [0.25, 0.3) is 5.91 Å². The van der Waals surface area contributed by atoms with E-state index in [9.17, 15) is 4.79 Å². The SMILES string of the molecule is Cl.Cl.O=C(NN1CCCC1)c1cccc2ccccc12.